The van der Waals surface area contributed by atoms with Crippen LogP contribution in [-0.4, -0.2) is 81.6 Å². The van der Waals surface area contributed by atoms with Gasteiger partial charge in [-0.1, -0.05) is 55.7 Å². The van der Waals surface area contributed by atoms with Crippen LogP contribution >= 0.6 is 22.6 Å². The second kappa shape index (κ2) is 17.6. The summed E-state index contributed by atoms with van der Waals surface area (Å²) in [6, 6.07) is 12.1. The largest absolute Gasteiger partial charge is 0.507 e. The van der Waals surface area contributed by atoms with Crippen LogP contribution in [0.1, 0.15) is 76.8 Å². The third-order valence-electron chi connectivity index (χ3n) is 9.53. The molecule has 268 valence electrons. The monoisotopic (exact) mass is 787 g/mol. The molecule has 4 rings (SSSR count). The summed E-state index contributed by atoms with van der Waals surface area (Å²) in [6.07, 6.45) is 4.49. The number of nitrogens with one attached hydrogen (secondary N) is 3. The number of aryl methyl sites for hydroxylation is 1. The van der Waals surface area contributed by atoms with Crippen LogP contribution in [0, 0.1) is 15.4 Å². The number of aliphatic hydroxyl groups excluding tert-OH is 1. The molecule has 2 aromatic carbocycles. The molecular formula is C37H52IN5O6. The van der Waals surface area contributed by atoms with E-state index >= 15 is 0 Å². The number of piperidine rings is 1. The maximum Gasteiger partial charge on any atom is 0.243 e. The van der Waals surface area contributed by atoms with Crippen LogP contribution in [0.2, 0.25) is 0 Å². The number of phenols is 1. The van der Waals surface area contributed by atoms with Gasteiger partial charge < -0.3 is 31.9 Å². The Labute approximate surface area is 303 Å². The van der Waals surface area contributed by atoms with Crippen molar-refractivity contribution in [2.45, 2.75) is 108 Å². The molecule has 2 fully saturated rings. The van der Waals surface area contributed by atoms with Gasteiger partial charge in [-0.3, -0.25) is 24.1 Å². The molecule has 6 atom stereocenters. The van der Waals surface area contributed by atoms with Crippen LogP contribution in [-0.2, 0) is 32.0 Å². The van der Waals surface area contributed by atoms with Crippen molar-refractivity contribution >= 4 is 46.2 Å². The fourth-order valence-corrected chi connectivity index (χ4v) is 7.65. The number of amides is 4. The van der Waals surface area contributed by atoms with E-state index in [1.54, 1.807) is 18.2 Å². The number of hydrogen-bond acceptors (Lipinski definition) is 7. The fraction of sp³-hybridized carbons (Fsp3) is 0.568. The Morgan fingerprint density at radius 2 is 1.69 bits per heavy atom. The lowest BCUT2D eigenvalue weighted by Crippen LogP contribution is -2.61. The number of hydrogen-bond donors (Lipinski definition) is 6. The van der Waals surface area contributed by atoms with E-state index in [9.17, 15) is 29.4 Å². The number of phenolic OH excluding ortho intramolecular Hbond substituents is 1. The Morgan fingerprint density at radius 3 is 2.35 bits per heavy atom. The molecular weight excluding hydrogens is 735 g/mol. The third-order valence-corrected chi connectivity index (χ3v) is 10.4. The van der Waals surface area contributed by atoms with Gasteiger partial charge in [-0.05, 0) is 104 Å². The lowest BCUT2D eigenvalue weighted by Gasteiger charge is -2.47. The van der Waals surface area contributed by atoms with Crippen LogP contribution in [0.15, 0.2) is 48.5 Å². The van der Waals surface area contributed by atoms with Gasteiger partial charge >= 0.3 is 0 Å². The molecule has 12 heteroatoms. The number of primary amides is 1. The second-order valence-electron chi connectivity index (χ2n) is 14.7. The number of benzene rings is 2. The second-order valence-corrected chi connectivity index (χ2v) is 15.9. The molecule has 0 spiro atoms. The molecule has 1 saturated heterocycles. The number of nitrogens with two attached hydrogens (primary N) is 1. The van der Waals surface area contributed by atoms with Crippen molar-refractivity contribution in [2.75, 3.05) is 13.1 Å². The standard InChI is InChI=1S/C37H52IN5O6/c1-37(2,3)42-36(49)30-19-25-11-7-8-12-26(25)21-43(30)22-32(45)28(18-23-9-5-4-6-10-23)41-35(48)29(20-33(39)46)40-34(47)16-14-24-13-15-31(44)27(38)17-24/h4-6,9-10,13,15,17,25-26,28-30,32,44-45H,7-8,11-12,14,16,18-22H2,1-3H3,(H2,39,46)(H,40,47)(H,41,48)(H,42,49)/t25-,26+,28-,29-,30-,32+/m0/s1/i38-2. The molecule has 1 aliphatic heterocycles. The zero-order valence-electron chi connectivity index (χ0n) is 28.8. The van der Waals surface area contributed by atoms with Crippen molar-refractivity contribution in [3.63, 3.8) is 0 Å². The van der Waals surface area contributed by atoms with Gasteiger partial charge in [0.15, 0.2) is 0 Å². The summed E-state index contributed by atoms with van der Waals surface area (Å²) >= 11 is 2.01. The highest BCUT2D eigenvalue weighted by Gasteiger charge is 2.42. The summed E-state index contributed by atoms with van der Waals surface area (Å²) in [5, 5.41) is 30.3. The predicted molar refractivity (Wildman–Crippen MR) is 196 cm³/mol. The number of rotatable bonds is 14. The van der Waals surface area contributed by atoms with E-state index in [2.05, 4.69) is 20.9 Å². The Hall–Kier alpha value is -3.23. The lowest BCUT2D eigenvalue weighted by molar-refractivity contribution is -0.133. The van der Waals surface area contributed by atoms with E-state index in [0.29, 0.717) is 34.8 Å². The summed E-state index contributed by atoms with van der Waals surface area (Å²) in [5.74, 6) is -0.806. The first-order chi connectivity index (χ1) is 23.2. The maximum absolute atomic E-state index is 13.7. The molecule has 0 radical (unpaired) electrons. The molecule has 0 aromatic heterocycles. The summed E-state index contributed by atoms with van der Waals surface area (Å²) in [5.41, 5.74) is 6.81. The van der Waals surface area contributed by atoms with Crippen molar-refractivity contribution in [3.8, 4) is 5.75 Å². The molecule has 1 heterocycles. The number of fused-ring (bicyclic) bond motifs is 1. The lowest BCUT2D eigenvalue weighted by atomic mass is 9.72. The Morgan fingerprint density at radius 1 is 1.00 bits per heavy atom. The SMILES string of the molecule is CC(C)(C)NC(=O)[C@@H]1C[C@@H]2CCCC[C@@H]2CN1C[C@@H](O)[C@H](Cc1ccccc1)NC(=O)[C@H](CC(N)=O)NC(=O)CCc1ccc(O)c([125I])c1. The minimum absolute atomic E-state index is 0.0502. The summed E-state index contributed by atoms with van der Waals surface area (Å²) in [6.45, 7) is 6.73. The van der Waals surface area contributed by atoms with Crippen LogP contribution in [0.25, 0.3) is 0 Å². The number of carbonyl (C=O) groups excluding carboxylic acids is 4. The molecule has 4 amide bonds. The number of carbonyl (C=O) groups is 4. The predicted octanol–water partition coefficient (Wildman–Crippen LogP) is 3.17. The van der Waals surface area contributed by atoms with Gasteiger partial charge in [-0.2, -0.15) is 0 Å². The molecule has 7 N–H and O–H groups in total. The molecule has 49 heavy (non-hydrogen) atoms. The summed E-state index contributed by atoms with van der Waals surface area (Å²) < 4.78 is 0.661. The van der Waals surface area contributed by atoms with Gasteiger partial charge in [0.2, 0.25) is 23.6 Å². The van der Waals surface area contributed by atoms with Crippen molar-refractivity contribution in [3.05, 3.63) is 63.2 Å². The van der Waals surface area contributed by atoms with Gasteiger partial charge in [-0.25, -0.2) is 0 Å². The maximum atomic E-state index is 13.7. The van der Waals surface area contributed by atoms with E-state index in [1.165, 1.54) is 6.42 Å². The quantitative estimate of drug-likeness (QED) is 0.160. The van der Waals surface area contributed by atoms with Gasteiger partial charge in [0.05, 0.1) is 28.2 Å². The summed E-state index contributed by atoms with van der Waals surface area (Å²) in [7, 11) is 0. The number of nitrogens with zero attached hydrogens (tertiary/aromatic N) is 1. The fourth-order valence-electron chi connectivity index (χ4n) is 7.07. The zero-order valence-corrected chi connectivity index (χ0v) is 30.9. The van der Waals surface area contributed by atoms with Gasteiger partial charge in [0.25, 0.3) is 0 Å². The van der Waals surface area contributed by atoms with Gasteiger partial charge in [-0.15, -0.1) is 0 Å². The summed E-state index contributed by atoms with van der Waals surface area (Å²) in [4.78, 5) is 54.4. The van der Waals surface area contributed by atoms with Crippen LogP contribution in [0.4, 0.5) is 0 Å². The van der Waals surface area contributed by atoms with E-state index in [0.717, 1.165) is 36.8 Å². The molecule has 2 aliphatic rings. The molecule has 1 aliphatic carbocycles. The first-order valence-electron chi connectivity index (χ1n) is 17.3. The van der Waals surface area contributed by atoms with Gasteiger partial charge in [0, 0.05) is 25.0 Å². The Bertz CT molecular complexity index is 1450. The highest BCUT2D eigenvalue weighted by atomic mass is 125. The number of aliphatic hydroxyl groups is 1. The van der Waals surface area contributed by atoms with E-state index in [4.69, 9.17) is 5.73 Å². The van der Waals surface area contributed by atoms with E-state index in [1.807, 2.05) is 73.7 Å². The van der Waals surface area contributed by atoms with E-state index in [-0.39, 0.29) is 24.6 Å². The zero-order chi connectivity index (χ0) is 35.7. The van der Waals surface area contributed by atoms with Crippen molar-refractivity contribution in [1.29, 1.82) is 0 Å². The van der Waals surface area contributed by atoms with Crippen LogP contribution in [0.5, 0.6) is 5.75 Å². The smallest absolute Gasteiger partial charge is 0.243 e. The van der Waals surface area contributed by atoms with Crippen molar-refractivity contribution in [1.82, 2.24) is 20.9 Å². The minimum Gasteiger partial charge on any atom is -0.507 e. The van der Waals surface area contributed by atoms with Gasteiger partial charge in [0.1, 0.15) is 11.8 Å². The number of likely N-dealkylation sites (tertiary alicyclic amines) is 1. The number of halogens is 1. The molecule has 2 aromatic rings. The van der Waals surface area contributed by atoms with Crippen LogP contribution in [0.3, 0.4) is 0 Å². The number of β-amino-alcohol motifs (C(OH)–C–C–N with tert-alkyl or cyclic N) is 1. The van der Waals surface area contributed by atoms with Crippen LogP contribution < -0.4 is 21.7 Å². The Balaban J connectivity index is 1.50. The topological polar surface area (TPSA) is 174 Å². The first-order valence-corrected chi connectivity index (χ1v) is 18.4. The van der Waals surface area contributed by atoms with Crippen molar-refractivity contribution < 1.29 is 29.4 Å². The highest BCUT2D eigenvalue weighted by molar-refractivity contribution is 14.1. The Kier molecular flexibility index (Phi) is 13.9. The normalized spacial score (nSPS) is 21.4. The minimum atomic E-state index is -1.24. The first kappa shape index (κ1) is 38.6. The number of aromatic hydroxyl groups is 1. The van der Waals surface area contributed by atoms with E-state index < -0.39 is 53.9 Å². The highest BCUT2D eigenvalue weighted by Crippen LogP contribution is 2.39. The molecule has 1 saturated carbocycles. The molecule has 0 bridgehead atoms. The van der Waals surface area contributed by atoms with Crippen molar-refractivity contribution in [2.24, 2.45) is 17.6 Å². The third kappa shape index (κ3) is 12.0. The molecule has 11 nitrogen and oxygen atoms in total. The average molecular weight is 788 g/mol. The average Bonchev–Trinajstić information content (AvgIpc) is 3.03. The molecule has 0 unspecified atom stereocenters.